The average molecular weight is 356 g/mol. The Morgan fingerprint density at radius 1 is 1.15 bits per heavy atom. The minimum absolute atomic E-state index is 0.0808. The molecule has 0 radical (unpaired) electrons. The Hall–Kier alpha value is -2.89. The van der Waals surface area contributed by atoms with Crippen LogP contribution in [0.1, 0.15) is 49.9 Å². The van der Waals surface area contributed by atoms with Crippen LogP contribution in [-0.4, -0.2) is 22.0 Å². The van der Waals surface area contributed by atoms with E-state index in [4.69, 9.17) is 9.84 Å². The average Bonchev–Trinajstić information content (AvgIpc) is 2.64. The number of carboxylic acids is 1. The molecule has 0 spiro atoms. The number of nitrogens with zero attached hydrogens (tertiary/aromatic N) is 1. The molecule has 6 nitrogen and oxygen atoms in total. The van der Waals surface area contributed by atoms with Crippen molar-refractivity contribution in [3.05, 3.63) is 59.9 Å². The van der Waals surface area contributed by atoms with Crippen LogP contribution in [0.5, 0.6) is 5.75 Å². The lowest BCUT2D eigenvalue weighted by atomic mass is 10.1. The number of benzene rings is 1. The van der Waals surface area contributed by atoms with E-state index in [9.17, 15) is 9.59 Å². The van der Waals surface area contributed by atoms with E-state index in [0.29, 0.717) is 25.9 Å². The molecule has 1 heterocycles. The molecule has 1 amide bonds. The molecule has 0 saturated heterocycles. The Bertz CT molecular complexity index is 719. The molecule has 2 rings (SSSR count). The smallest absolute Gasteiger partial charge is 0.303 e. The Kier molecular flexibility index (Phi) is 7.61. The van der Waals surface area contributed by atoms with Crippen LogP contribution in [-0.2, 0) is 16.2 Å². The third-order valence-electron chi connectivity index (χ3n) is 3.89. The van der Waals surface area contributed by atoms with Gasteiger partial charge in [-0.05, 0) is 49.6 Å². The number of carboxylic acid groups (broad SMARTS) is 1. The van der Waals surface area contributed by atoms with Crippen molar-refractivity contribution in [3.63, 3.8) is 0 Å². The quantitative estimate of drug-likeness (QED) is 0.636. The Morgan fingerprint density at radius 2 is 1.96 bits per heavy atom. The molecule has 1 atom stereocenters. The molecule has 1 aromatic heterocycles. The fourth-order valence-electron chi connectivity index (χ4n) is 2.47. The number of rotatable bonds is 10. The van der Waals surface area contributed by atoms with Gasteiger partial charge in [0.2, 0.25) is 5.91 Å². The fourth-order valence-corrected chi connectivity index (χ4v) is 2.47. The van der Waals surface area contributed by atoms with E-state index in [-0.39, 0.29) is 18.4 Å². The molecule has 0 bridgehead atoms. The third-order valence-corrected chi connectivity index (χ3v) is 3.89. The maximum absolute atomic E-state index is 12.0. The Labute approximate surface area is 153 Å². The molecule has 2 aromatic rings. The first-order valence-electron chi connectivity index (χ1n) is 8.68. The summed E-state index contributed by atoms with van der Waals surface area (Å²) in [7, 11) is 0. The minimum atomic E-state index is -0.832. The molecule has 6 heteroatoms. The third kappa shape index (κ3) is 6.93. The van der Waals surface area contributed by atoms with Crippen LogP contribution in [0, 0.1) is 0 Å². The highest BCUT2D eigenvalue weighted by Gasteiger charge is 2.10. The van der Waals surface area contributed by atoms with E-state index in [0.717, 1.165) is 17.0 Å². The number of unbranched alkanes of at least 4 members (excludes halogenated alkanes) is 1. The Morgan fingerprint density at radius 3 is 2.69 bits per heavy atom. The highest BCUT2D eigenvalue weighted by atomic mass is 16.5. The lowest BCUT2D eigenvalue weighted by molar-refractivity contribution is -0.137. The summed E-state index contributed by atoms with van der Waals surface area (Å²) in [6, 6.07) is 13.1. The SMILES string of the molecule is CC(NC(=O)CCCCC(=O)O)c1cccc(OCc2ccccn2)c1. The number of carbonyl (C=O) groups is 2. The molecule has 0 aliphatic heterocycles. The predicted octanol–water partition coefficient (Wildman–Crippen LogP) is 3.48. The minimum Gasteiger partial charge on any atom is -0.487 e. The van der Waals surface area contributed by atoms with Crippen molar-refractivity contribution in [1.29, 1.82) is 0 Å². The van der Waals surface area contributed by atoms with Crippen molar-refractivity contribution in [3.8, 4) is 5.75 Å². The topological polar surface area (TPSA) is 88.5 Å². The zero-order chi connectivity index (χ0) is 18.8. The number of aliphatic carboxylic acids is 1. The van der Waals surface area contributed by atoms with E-state index in [2.05, 4.69) is 10.3 Å². The highest BCUT2D eigenvalue weighted by molar-refractivity contribution is 5.76. The van der Waals surface area contributed by atoms with E-state index < -0.39 is 5.97 Å². The number of nitrogens with one attached hydrogen (secondary N) is 1. The van der Waals surface area contributed by atoms with Crippen LogP contribution in [0.25, 0.3) is 0 Å². The van der Waals surface area contributed by atoms with Gasteiger partial charge < -0.3 is 15.2 Å². The predicted molar refractivity (Wildman–Crippen MR) is 97.7 cm³/mol. The van der Waals surface area contributed by atoms with E-state index >= 15 is 0 Å². The summed E-state index contributed by atoms with van der Waals surface area (Å²) in [6.07, 6.45) is 3.22. The standard InChI is InChI=1S/C20H24N2O4/c1-15(22-19(23)10-2-3-11-20(24)25)16-7-6-9-18(13-16)26-14-17-8-4-5-12-21-17/h4-9,12-13,15H,2-3,10-11,14H2,1H3,(H,22,23)(H,24,25). The van der Waals surface area contributed by atoms with Crippen molar-refractivity contribution in [2.24, 2.45) is 0 Å². The van der Waals surface area contributed by atoms with Crippen LogP contribution in [0.2, 0.25) is 0 Å². The van der Waals surface area contributed by atoms with E-state index in [1.807, 2.05) is 49.4 Å². The van der Waals surface area contributed by atoms with Gasteiger partial charge in [0, 0.05) is 19.0 Å². The fraction of sp³-hybridized carbons (Fsp3) is 0.350. The maximum Gasteiger partial charge on any atom is 0.303 e. The lowest BCUT2D eigenvalue weighted by Gasteiger charge is -2.15. The number of pyridine rings is 1. The van der Waals surface area contributed by atoms with Crippen molar-refractivity contribution in [2.75, 3.05) is 0 Å². The summed E-state index contributed by atoms with van der Waals surface area (Å²) >= 11 is 0. The molecule has 138 valence electrons. The normalized spacial score (nSPS) is 11.6. The monoisotopic (exact) mass is 356 g/mol. The number of amides is 1. The summed E-state index contributed by atoms with van der Waals surface area (Å²) in [5, 5.41) is 11.5. The second-order valence-electron chi connectivity index (χ2n) is 6.07. The van der Waals surface area contributed by atoms with Crippen LogP contribution < -0.4 is 10.1 Å². The maximum atomic E-state index is 12.0. The van der Waals surface area contributed by atoms with Crippen molar-refractivity contribution < 1.29 is 19.4 Å². The molecule has 1 aromatic carbocycles. The van der Waals surface area contributed by atoms with Crippen LogP contribution >= 0.6 is 0 Å². The molecule has 0 saturated carbocycles. The van der Waals surface area contributed by atoms with Gasteiger partial charge in [-0.2, -0.15) is 0 Å². The number of ether oxygens (including phenoxy) is 1. The summed E-state index contributed by atoms with van der Waals surface area (Å²) in [4.78, 5) is 26.7. The van der Waals surface area contributed by atoms with Gasteiger partial charge in [0.1, 0.15) is 12.4 Å². The van der Waals surface area contributed by atoms with Gasteiger partial charge in [-0.3, -0.25) is 14.6 Å². The van der Waals surface area contributed by atoms with Crippen molar-refractivity contribution in [1.82, 2.24) is 10.3 Å². The Balaban J connectivity index is 1.82. The van der Waals surface area contributed by atoms with E-state index in [1.54, 1.807) is 6.20 Å². The zero-order valence-electron chi connectivity index (χ0n) is 14.9. The number of carbonyl (C=O) groups excluding carboxylic acids is 1. The first-order valence-corrected chi connectivity index (χ1v) is 8.68. The van der Waals surface area contributed by atoms with Gasteiger partial charge in [0.25, 0.3) is 0 Å². The first-order chi connectivity index (χ1) is 12.5. The number of hydrogen-bond donors (Lipinski definition) is 2. The van der Waals surface area contributed by atoms with Crippen LogP contribution in [0.4, 0.5) is 0 Å². The van der Waals surface area contributed by atoms with Gasteiger partial charge in [-0.15, -0.1) is 0 Å². The van der Waals surface area contributed by atoms with Gasteiger partial charge in [-0.1, -0.05) is 18.2 Å². The summed E-state index contributed by atoms with van der Waals surface area (Å²) in [5.74, 6) is -0.195. The van der Waals surface area contributed by atoms with Crippen LogP contribution in [0.15, 0.2) is 48.7 Å². The molecular weight excluding hydrogens is 332 g/mol. The van der Waals surface area contributed by atoms with Crippen LogP contribution in [0.3, 0.4) is 0 Å². The van der Waals surface area contributed by atoms with Gasteiger partial charge in [-0.25, -0.2) is 0 Å². The summed E-state index contributed by atoms with van der Waals surface area (Å²) < 4.78 is 5.76. The molecule has 1 unspecified atom stereocenters. The largest absolute Gasteiger partial charge is 0.487 e. The number of aromatic nitrogens is 1. The van der Waals surface area contributed by atoms with Gasteiger partial charge in [0.15, 0.2) is 0 Å². The highest BCUT2D eigenvalue weighted by Crippen LogP contribution is 2.20. The lowest BCUT2D eigenvalue weighted by Crippen LogP contribution is -2.26. The van der Waals surface area contributed by atoms with Crippen molar-refractivity contribution >= 4 is 11.9 Å². The second kappa shape index (κ2) is 10.2. The molecule has 2 N–H and O–H groups in total. The number of hydrogen-bond acceptors (Lipinski definition) is 4. The summed E-state index contributed by atoms with van der Waals surface area (Å²) in [5.41, 5.74) is 1.79. The molecule has 0 aliphatic rings. The second-order valence-corrected chi connectivity index (χ2v) is 6.07. The van der Waals surface area contributed by atoms with Gasteiger partial charge in [0.05, 0.1) is 11.7 Å². The summed E-state index contributed by atoms with van der Waals surface area (Å²) in [6.45, 7) is 2.29. The first kappa shape index (κ1) is 19.4. The molecule has 26 heavy (non-hydrogen) atoms. The molecule has 0 fully saturated rings. The van der Waals surface area contributed by atoms with Gasteiger partial charge >= 0.3 is 5.97 Å². The van der Waals surface area contributed by atoms with E-state index in [1.165, 1.54) is 0 Å². The van der Waals surface area contributed by atoms with Crippen molar-refractivity contribution in [2.45, 2.75) is 45.3 Å². The molecular formula is C20H24N2O4. The zero-order valence-corrected chi connectivity index (χ0v) is 14.9. The molecule has 0 aliphatic carbocycles.